The Hall–Kier alpha value is -0.851. The second-order valence-electron chi connectivity index (χ2n) is 3.98. The van der Waals surface area contributed by atoms with Crippen molar-refractivity contribution in [1.82, 2.24) is 0 Å². The summed E-state index contributed by atoms with van der Waals surface area (Å²) in [4.78, 5) is 11.1. The van der Waals surface area contributed by atoms with E-state index in [2.05, 4.69) is 18.7 Å². The molecule has 2 heteroatoms. The zero-order chi connectivity index (χ0) is 11.3. The molecule has 0 amide bonds. The number of aldehydes is 1. The molecular weight excluding hydrogens is 251 g/mol. The summed E-state index contributed by atoms with van der Waals surface area (Å²) in [7, 11) is 0. The molecule has 0 aliphatic rings. The third-order valence-corrected chi connectivity index (χ3v) is 4.54. The van der Waals surface area contributed by atoms with Crippen LogP contribution in [0, 0.1) is 0 Å². The Kier molecular flexibility index (Phi) is 4.31. The van der Waals surface area contributed by atoms with Crippen molar-refractivity contribution in [2.75, 3.05) is 0 Å². The van der Waals surface area contributed by atoms with Crippen molar-refractivity contribution in [3.8, 4) is 0 Å². The number of benzene rings is 1. The first-order valence-corrected chi connectivity index (χ1v) is 6.62. The number of hydrogen-bond donors (Lipinski definition) is 0. The van der Waals surface area contributed by atoms with Crippen LogP contribution in [0.2, 0.25) is 4.31 Å². The summed E-state index contributed by atoms with van der Waals surface area (Å²) < 4.78 is 1.01. The molecule has 0 saturated carbocycles. The van der Waals surface area contributed by atoms with Gasteiger partial charge in [-0.2, -0.15) is 0 Å². The van der Waals surface area contributed by atoms with E-state index in [1.165, 1.54) is 4.46 Å². The van der Waals surface area contributed by atoms with E-state index in [0.717, 1.165) is 18.3 Å². The van der Waals surface area contributed by atoms with E-state index in [-0.39, 0.29) is 19.3 Å². The van der Waals surface area contributed by atoms with Crippen molar-refractivity contribution in [2.45, 2.75) is 24.6 Å². The minimum absolute atomic E-state index is 0.176. The van der Waals surface area contributed by atoms with Gasteiger partial charge >= 0.3 is 97.6 Å². The van der Waals surface area contributed by atoms with Crippen LogP contribution in [0.1, 0.15) is 20.3 Å². The van der Waals surface area contributed by atoms with Crippen LogP contribution in [-0.2, 0) is 4.79 Å². The molecule has 0 aliphatic heterocycles. The molecule has 1 aromatic rings. The summed E-state index contributed by atoms with van der Waals surface area (Å²) >= 11 is 0.176. The fourth-order valence-corrected chi connectivity index (χ4v) is 3.97. The Bertz CT molecular complexity index is 345. The molecule has 1 atom stereocenters. The number of carbonyl (C=O) groups is 1. The Morgan fingerprint density at radius 2 is 2.07 bits per heavy atom. The maximum absolute atomic E-state index is 11.1. The van der Waals surface area contributed by atoms with Gasteiger partial charge in [0.2, 0.25) is 0 Å². The van der Waals surface area contributed by atoms with Crippen LogP contribution in [0.4, 0.5) is 0 Å². The fraction of sp³-hybridized carbons (Fsp3) is 0.308. The van der Waals surface area contributed by atoms with Crippen molar-refractivity contribution in [3.05, 3.63) is 42.5 Å². The van der Waals surface area contributed by atoms with E-state index in [0.29, 0.717) is 0 Å². The van der Waals surface area contributed by atoms with Gasteiger partial charge in [-0.25, -0.2) is 0 Å². The average molecular weight is 267 g/mol. The molecule has 0 bridgehead atoms. The normalized spacial score (nSPS) is 14.3. The van der Waals surface area contributed by atoms with Crippen LogP contribution in [0.3, 0.4) is 0 Å². The molecule has 1 rings (SSSR count). The molecule has 0 aliphatic carbocycles. The van der Waals surface area contributed by atoms with Gasteiger partial charge in [0, 0.05) is 0 Å². The molecule has 0 radical (unpaired) electrons. The maximum atomic E-state index is 11.1. The SMILES string of the molecule is C=C(C)CC(C)(C=O)[Se]c1ccccc1. The monoisotopic (exact) mass is 268 g/mol. The van der Waals surface area contributed by atoms with E-state index in [9.17, 15) is 4.79 Å². The van der Waals surface area contributed by atoms with E-state index < -0.39 is 0 Å². The number of rotatable bonds is 5. The predicted octanol–water partition coefficient (Wildman–Crippen LogP) is 2.36. The van der Waals surface area contributed by atoms with Crippen LogP contribution < -0.4 is 4.46 Å². The first-order valence-electron chi connectivity index (χ1n) is 4.90. The number of allylic oxidation sites excluding steroid dienone is 1. The Balaban J connectivity index is 2.76. The van der Waals surface area contributed by atoms with Crippen molar-refractivity contribution in [2.24, 2.45) is 0 Å². The molecule has 0 N–H and O–H groups in total. The third kappa shape index (κ3) is 4.03. The van der Waals surface area contributed by atoms with Gasteiger partial charge in [0.05, 0.1) is 0 Å². The summed E-state index contributed by atoms with van der Waals surface area (Å²) in [6.45, 7) is 7.87. The van der Waals surface area contributed by atoms with Crippen LogP contribution in [0.5, 0.6) is 0 Å². The van der Waals surface area contributed by atoms with Crippen LogP contribution >= 0.6 is 0 Å². The van der Waals surface area contributed by atoms with Crippen LogP contribution in [0.15, 0.2) is 42.5 Å². The molecular formula is C13H16OSe. The molecule has 0 spiro atoms. The number of carbonyl (C=O) groups excluding carboxylic acids is 1. The molecule has 1 unspecified atom stereocenters. The van der Waals surface area contributed by atoms with E-state index in [1.54, 1.807) is 0 Å². The molecule has 0 heterocycles. The van der Waals surface area contributed by atoms with Crippen molar-refractivity contribution in [3.63, 3.8) is 0 Å². The summed E-state index contributed by atoms with van der Waals surface area (Å²) in [6, 6.07) is 10.2. The van der Waals surface area contributed by atoms with Gasteiger partial charge in [-0.3, -0.25) is 0 Å². The summed E-state index contributed by atoms with van der Waals surface area (Å²) in [5.41, 5.74) is 1.07. The van der Waals surface area contributed by atoms with Gasteiger partial charge in [0.25, 0.3) is 0 Å². The second-order valence-corrected chi connectivity index (χ2v) is 7.35. The molecule has 15 heavy (non-hydrogen) atoms. The summed E-state index contributed by atoms with van der Waals surface area (Å²) in [5, 5.41) is 0. The van der Waals surface area contributed by atoms with Crippen molar-refractivity contribution >= 4 is 25.7 Å². The van der Waals surface area contributed by atoms with Gasteiger partial charge in [0.1, 0.15) is 0 Å². The minimum atomic E-state index is -0.250. The molecule has 0 saturated heterocycles. The zero-order valence-electron chi connectivity index (χ0n) is 9.19. The fourth-order valence-electron chi connectivity index (χ4n) is 1.46. The molecule has 0 fully saturated rings. The average Bonchev–Trinajstić information content (AvgIpc) is 2.18. The third-order valence-electron chi connectivity index (χ3n) is 2.00. The van der Waals surface area contributed by atoms with Gasteiger partial charge < -0.3 is 0 Å². The quantitative estimate of drug-likeness (QED) is 0.455. The number of hydrogen-bond acceptors (Lipinski definition) is 1. The molecule has 80 valence electrons. The summed E-state index contributed by atoms with van der Waals surface area (Å²) in [5.74, 6) is 0. The van der Waals surface area contributed by atoms with Crippen molar-refractivity contribution in [1.29, 1.82) is 0 Å². The van der Waals surface area contributed by atoms with Crippen LogP contribution in [-0.4, -0.2) is 21.2 Å². The van der Waals surface area contributed by atoms with Gasteiger partial charge in [-0.05, 0) is 0 Å². The van der Waals surface area contributed by atoms with Gasteiger partial charge in [-0.1, -0.05) is 0 Å². The van der Waals surface area contributed by atoms with E-state index >= 15 is 0 Å². The van der Waals surface area contributed by atoms with E-state index in [1.807, 2.05) is 32.0 Å². The summed E-state index contributed by atoms with van der Waals surface area (Å²) in [6.07, 6.45) is 1.86. The van der Waals surface area contributed by atoms with Crippen molar-refractivity contribution < 1.29 is 4.79 Å². The topological polar surface area (TPSA) is 17.1 Å². The van der Waals surface area contributed by atoms with E-state index in [4.69, 9.17) is 0 Å². The first kappa shape index (κ1) is 12.2. The Morgan fingerprint density at radius 3 is 2.53 bits per heavy atom. The Labute approximate surface area is 97.7 Å². The predicted molar refractivity (Wildman–Crippen MR) is 65.7 cm³/mol. The second kappa shape index (κ2) is 5.29. The van der Waals surface area contributed by atoms with Gasteiger partial charge in [-0.15, -0.1) is 0 Å². The Morgan fingerprint density at radius 1 is 1.47 bits per heavy atom. The zero-order valence-corrected chi connectivity index (χ0v) is 10.9. The van der Waals surface area contributed by atoms with Gasteiger partial charge in [0.15, 0.2) is 0 Å². The first-order chi connectivity index (χ1) is 7.06. The molecule has 1 aromatic carbocycles. The molecule has 1 nitrogen and oxygen atoms in total. The molecule has 0 aromatic heterocycles. The van der Waals surface area contributed by atoms with Crippen LogP contribution in [0.25, 0.3) is 0 Å². The standard InChI is InChI=1S/C13H16OSe/c1-11(2)9-13(3,10-14)15-12-7-5-4-6-8-12/h4-8,10H,1,9H2,2-3H3.